The molecule has 1 atom stereocenters. The summed E-state index contributed by atoms with van der Waals surface area (Å²) >= 11 is 0. The normalized spacial score (nSPS) is 15.4. The monoisotopic (exact) mass is 394 g/mol. The van der Waals surface area contributed by atoms with Crippen LogP contribution < -0.4 is 0 Å². The Bertz CT molecular complexity index is 947. The summed E-state index contributed by atoms with van der Waals surface area (Å²) in [5, 5.41) is 18.2. The maximum absolute atomic E-state index is 11.2. The van der Waals surface area contributed by atoms with E-state index in [1.165, 1.54) is 24.3 Å². The second-order valence-electron chi connectivity index (χ2n) is 5.84. The molecule has 3 rings (SSSR count). The van der Waals surface area contributed by atoms with E-state index >= 15 is 0 Å². The van der Waals surface area contributed by atoms with E-state index in [9.17, 15) is 18.0 Å². The number of carboxylic acids is 2. The number of epoxide rings is 1. The minimum absolute atomic E-state index is 0.0449. The van der Waals surface area contributed by atoms with Gasteiger partial charge in [-0.1, -0.05) is 24.3 Å². The van der Waals surface area contributed by atoms with Crippen molar-refractivity contribution in [3.8, 4) is 0 Å². The predicted molar refractivity (Wildman–Crippen MR) is 94.8 cm³/mol. The zero-order chi connectivity index (χ0) is 20.2. The van der Waals surface area contributed by atoms with Crippen LogP contribution in [-0.2, 0) is 21.3 Å². The summed E-state index contributed by atoms with van der Waals surface area (Å²) in [6.07, 6.45) is 0.290. The van der Waals surface area contributed by atoms with Crippen LogP contribution in [0.2, 0.25) is 0 Å². The Balaban J connectivity index is 0.000000223. The number of hydrogen-bond donors (Lipinski definition) is 3. The average molecular weight is 394 g/mol. The minimum Gasteiger partial charge on any atom is -0.478 e. The molecule has 144 valence electrons. The highest BCUT2D eigenvalue weighted by Gasteiger charge is 2.29. The summed E-state index contributed by atoms with van der Waals surface area (Å²) in [4.78, 5) is 22.2. The second kappa shape index (κ2) is 8.30. The van der Waals surface area contributed by atoms with Gasteiger partial charge in [-0.2, -0.15) is 8.42 Å². The van der Waals surface area contributed by atoms with Crippen molar-refractivity contribution in [3.63, 3.8) is 0 Å². The Labute approximate surface area is 155 Å². The first kappa shape index (κ1) is 20.6. The second-order valence-corrected chi connectivity index (χ2v) is 7.26. The van der Waals surface area contributed by atoms with Gasteiger partial charge in [0.25, 0.3) is 10.1 Å². The molecule has 1 heterocycles. The fourth-order valence-electron chi connectivity index (χ4n) is 2.48. The van der Waals surface area contributed by atoms with Crippen molar-refractivity contribution in [2.45, 2.75) is 24.3 Å². The van der Waals surface area contributed by atoms with Gasteiger partial charge in [0.2, 0.25) is 0 Å². The molecule has 9 heteroatoms. The molecule has 0 bridgehead atoms. The molecule has 3 N–H and O–H groups in total. The molecule has 1 aliphatic heterocycles. The maximum atomic E-state index is 11.2. The van der Waals surface area contributed by atoms with Crippen LogP contribution in [0.4, 0.5) is 0 Å². The van der Waals surface area contributed by atoms with Crippen molar-refractivity contribution in [2.24, 2.45) is 0 Å². The highest BCUT2D eigenvalue weighted by molar-refractivity contribution is 7.85. The number of aromatic carboxylic acids is 2. The molecule has 27 heavy (non-hydrogen) atoms. The van der Waals surface area contributed by atoms with Gasteiger partial charge in [-0.15, -0.1) is 0 Å². The largest absolute Gasteiger partial charge is 0.478 e. The molecule has 0 aliphatic carbocycles. The van der Waals surface area contributed by atoms with E-state index in [0.29, 0.717) is 24.2 Å². The van der Waals surface area contributed by atoms with Crippen LogP contribution in [0.1, 0.15) is 31.8 Å². The Morgan fingerprint density at radius 1 is 1.07 bits per heavy atom. The standard InChI is InChI=1S/C12H12O5.C6H6O3S/c1-6-2-3-8(11(13)14)9(4-7-5-17-7)10(6)12(15)16;7-10(8,9)6-4-2-1-3-5-6/h2-3,7H,4-5H2,1H3,(H,13,14)(H,15,16);1-5H,(H,7,8,9)/t7-;/m0./s1. The van der Waals surface area contributed by atoms with Crippen LogP contribution in [0.15, 0.2) is 47.4 Å². The number of hydrogen-bond acceptors (Lipinski definition) is 5. The number of aryl methyl sites for hydroxylation is 1. The first-order chi connectivity index (χ1) is 12.6. The minimum atomic E-state index is -4.00. The van der Waals surface area contributed by atoms with Crippen LogP contribution >= 0.6 is 0 Å². The van der Waals surface area contributed by atoms with Crippen molar-refractivity contribution in [2.75, 3.05) is 6.61 Å². The molecule has 8 nitrogen and oxygen atoms in total. The summed E-state index contributed by atoms with van der Waals surface area (Å²) in [6, 6.07) is 10.4. The Morgan fingerprint density at radius 3 is 2.07 bits per heavy atom. The van der Waals surface area contributed by atoms with Gasteiger partial charge in [0.15, 0.2) is 0 Å². The molecule has 0 unspecified atom stereocenters. The maximum Gasteiger partial charge on any atom is 0.336 e. The molecule has 2 aromatic carbocycles. The van der Waals surface area contributed by atoms with Crippen LogP contribution in [0, 0.1) is 6.92 Å². The third-order valence-corrected chi connectivity index (χ3v) is 4.71. The molecule has 0 saturated carbocycles. The van der Waals surface area contributed by atoms with E-state index in [4.69, 9.17) is 19.5 Å². The highest BCUT2D eigenvalue weighted by Crippen LogP contribution is 2.25. The first-order valence-corrected chi connectivity index (χ1v) is 9.28. The van der Waals surface area contributed by atoms with Crippen LogP contribution in [0.5, 0.6) is 0 Å². The van der Waals surface area contributed by atoms with E-state index in [-0.39, 0.29) is 22.1 Å². The molecule has 0 radical (unpaired) electrons. The Kier molecular flexibility index (Phi) is 6.32. The molecule has 0 amide bonds. The molecule has 2 aromatic rings. The van der Waals surface area contributed by atoms with Crippen LogP contribution in [0.25, 0.3) is 0 Å². The van der Waals surface area contributed by atoms with Crippen molar-refractivity contribution in [1.29, 1.82) is 0 Å². The smallest absolute Gasteiger partial charge is 0.336 e. The molecule has 1 fully saturated rings. The van der Waals surface area contributed by atoms with Crippen molar-refractivity contribution in [3.05, 3.63) is 64.7 Å². The number of carbonyl (C=O) groups is 2. The SMILES string of the molecule is Cc1ccc(C(=O)O)c(C[C@H]2CO2)c1C(=O)O.O=S(=O)(O)c1ccccc1. The summed E-state index contributed by atoms with van der Waals surface area (Å²) in [5.41, 5.74) is 1.05. The third-order valence-electron chi connectivity index (χ3n) is 3.84. The van der Waals surface area contributed by atoms with Gasteiger partial charge in [-0.25, -0.2) is 9.59 Å². The van der Waals surface area contributed by atoms with Crippen molar-refractivity contribution in [1.82, 2.24) is 0 Å². The number of benzene rings is 2. The number of carboxylic acid groups (broad SMARTS) is 2. The van der Waals surface area contributed by atoms with Crippen molar-refractivity contribution >= 4 is 22.1 Å². The molecule has 1 aliphatic rings. The quantitative estimate of drug-likeness (QED) is 0.518. The van der Waals surface area contributed by atoms with Gasteiger partial charge >= 0.3 is 11.9 Å². The lowest BCUT2D eigenvalue weighted by molar-refractivity contribution is 0.0694. The van der Waals surface area contributed by atoms with Gasteiger partial charge in [-0.05, 0) is 36.2 Å². The van der Waals surface area contributed by atoms with Crippen LogP contribution in [-0.4, -0.2) is 47.8 Å². The summed E-state index contributed by atoms with van der Waals surface area (Å²) < 4.78 is 34.3. The fourth-order valence-corrected chi connectivity index (χ4v) is 2.98. The summed E-state index contributed by atoms with van der Waals surface area (Å²) in [5.74, 6) is -2.20. The molecular formula is C18H18O8S. The predicted octanol–water partition coefficient (Wildman–Crippen LogP) is 2.27. The van der Waals surface area contributed by atoms with E-state index in [2.05, 4.69) is 0 Å². The highest BCUT2D eigenvalue weighted by atomic mass is 32.2. The van der Waals surface area contributed by atoms with E-state index in [1.807, 2.05) is 0 Å². The van der Waals surface area contributed by atoms with Gasteiger partial charge in [0.1, 0.15) is 0 Å². The number of rotatable bonds is 5. The fraction of sp³-hybridized carbons (Fsp3) is 0.222. The first-order valence-electron chi connectivity index (χ1n) is 7.84. The van der Waals surface area contributed by atoms with Crippen molar-refractivity contribution < 1.29 is 37.5 Å². The molecule has 0 aromatic heterocycles. The van der Waals surface area contributed by atoms with E-state index in [1.54, 1.807) is 25.1 Å². The third kappa shape index (κ3) is 5.61. The van der Waals surface area contributed by atoms with Gasteiger partial charge in [-0.3, -0.25) is 4.55 Å². The van der Waals surface area contributed by atoms with E-state index < -0.39 is 22.1 Å². The molecular weight excluding hydrogens is 376 g/mol. The summed E-state index contributed by atoms with van der Waals surface area (Å²) in [6.45, 7) is 2.22. The lowest BCUT2D eigenvalue weighted by Gasteiger charge is -2.11. The summed E-state index contributed by atoms with van der Waals surface area (Å²) in [7, 11) is -4.00. The van der Waals surface area contributed by atoms with Gasteiger partial charge in [0.05, 0.1) is 28.7 Å². The number of ether oxygens (including phenoxy) is 1. The van der Waals surface area contributed by atoms with Gasteiger partial charge in [0, 0.05) is 6.42 Å². The molecule has 0 spiro atoms. The Morgan fingerprint density at radius 2 is 1.67 bits per heavy atom. The van der Waals surface area contributed by atoms with E-state index in [0.717, 1.165) is 0 Å². The van der Waals surface area contributed by atoms with Gasteiger partial charge < -0.3 is 14.9 Å². The Hall–Kier alpha value is -2.75. The zero-order valence-corrected chi connectivity index (χ0v) is 15.1. The topological polar surface area (TPSA) is 142 Å². The molecule has 1 saturated heterocycles. The average Bonchev–Trinajstić information content (AvgIpc) is 3.39. The lowest BCUT2D eigenvalue weighted by atomic mass is 9.93. The van der Waals surface area contributed by atoms with Crippen LogP contribution in [0.3, 0.4) is 0 Å². The zero-order valence-electron chi connectivity index (χ0n) is 14.3. The lowest BCUT2D eigenvalue weighted by Crippen LogP contribution is -2.13.